The Labute approximate surface area is 95.3 Å². The SMILES string of the molecule is Cc1nn(C)c(C)c1-c1cccc(CO)c1. The van der Waals surface area contributed by atoms with Crippen molar-refractivity contribution in [3.63, 3.8) is 0 Å². The Bertz CT molecular complexity index is 515. The van der Waals surface area contributed by atoms with Gasteiger partial charge in [0.1, 0.15) is 0 Å². The van der Waals surface area contributed by atoms with E-state index in [2.05, 4.69) is 18.1 Å². The summed E-state index contributed by atoms with van der Waals surface area (Å²) in [6, 6.07) is 7.95. The third kappa shape index (κ3) is 1.74. The molecule has 1 aromatic carbocycles. The van der Waals surface area contributed by atoms with E-state index in [1.807, 2.05) is 36.9 Å². The van der Waals surface area contributed by atoms with Crippen molar-refractivity contribution >= 4 is 0 Å². The number of benzene rings is 1. The van der Waals surface area contributed by atoms with Gasteiger partial charge < -0.3 is 5.11 Å². The second-order valence-electron chi connectivity index (χ2n) is 4.03. The second-order valence-corrected chi connectivity index (χ2v) is 4.03. The molecule has 16 heavy (non-hydrogen) atoms. The third-order valence-corrected chi connectivity index (χ3v) is 2.91. The van der Waals surface area contributed by atoms with Gasteiger partial charge in [-0.05, 0) is 31.0 Å². The number of aliphatic hydroxyl groups excluding tert-OH is 1. The minimum absolute atomic E-state index is 0.0756. The summed E-state index contributed by atoms with van der Waals surface area (Å²) >= 11 is 0. The molecule has 0 radical (unpaired) electrons. The molecule has 0 fully saturated rings. The highest BCUT2D eigenvalue weighted by Crippen LogP contribution is 2.26. The molecule has 1 N–H and O–H groups in total. The van der Waals surface area contributed by atoms with Crippen LogP contribution in [0.25, 0.3) is 11.1 Å². The lowest BCUT2D eigenvalue weighted by Gasteiger charge is -2.04. The first-order chi connectivity index (χ1) is 7.63. The third-order valence-electron chi connectivity index (χ3n) is 2.91. The van der Waals surface area contributed by atoms with Crippen LogP contribution < -0.4 is 0 Å². The van der Waals surface area contributed by atoms with Crippen LogP contribution in [-0.4, -0.2) is 14.9 Å². The molecule has 0 amide bonds. The molecule has 0 atom stereocenters. The van der Waals surface area contributed by atoms with Gasteiger partial charge in [0.2, 0.25) is 0 Å². The number of aliphatic hydroxyl groups is 1. The molecule has 2 aromatic rings. The molecule has 0 spiro atoms. The summed E-state index contributed by atoms with van der Waals surface area (Å²) < 4.78 is 1.89. The summed E-state index contributed by atoms with van der Waals surface area (Å²) in [7, 11) is 1.95. The summed E-state index contributed by atoms with van der Waals surface area (Å²) in [6.07, 6.45) is 0. The Hall–Kier alpha value is -1.61. The van der Waals surface area contributed by atoms with Gasteiger partial charge in [0.25, 0.3) is 0 Å². The van der Waals surface area contributed by atoms with Gasteiger partial charge in [0, 0.05) is 18.3 Å². The minimum atomic E-state index is 0.0756. The molecule has 0 saturated carbocycles. The van der Waals surface area contributed by atoms with Crippen LogP contribution >= 0.6 is 0 Å². The van der Waals surface area contributed by atoms with E-state index in [0.717, 1.165) is 28.1 Å². The molecule has 1 aromatic heterocycles. The molecule has 3 nitrogen and oxygen atoms in total. The number of hydrogen-bond acceptors (Lipinski definition) is 2. The van der Waals surface area contributed by atoms with E-state index in [-0.39, 0.29) is 6.61 Å². The van der Waals surface area contributed by atoms with Crippen molar-refractivity contribution in [3.8, 4) is 11.1 Å². The van der Waals surface area contributed by atoms with Crippen LogP contribution in [-0.2, 0) is 13.7 Å². The smallest absolute Gasteiger partial charge is 0.0682 e. The maximum Gasteiger partial charge on any atom is 0.0682 e. The van der Waals surface area contributed by atoms with Gasteiger partial charge in [-0.2, -0.15) is 5.10 Å². The summed E-state index contributed by atoms with van der Waals surface area (Å²) in [5.41, 5.74) is 5.38. The second kappa shape index (κ2) is 4.10. The van der Waals surface area contributed by atoms with E-state index in [4.69, 9.17) is 5.11 Å². The van der Waals surface area contributed by atoms with E-state index < -0.39 is 0 Å². The lowest BCUT2D eigenvalue weighted by molar-refractivity contribution is 0.282. The zero-order chi connectivity index (χ0) is 11.7. The van der Waals surface area contributed by atoms with Crippen molar-refractivity contribution in [2.24, 2.45) is 7.05 Å². The minimum Gasteiger partial charge on any atom is -0.392 e. The molecule has 1 heterocycles. The van der Waals surface area contributed by atoms with Crippen LogP contribution in [0.2, 0.25) is 0 Å². The molecule has 0 saturated heterocycles. The Morgan fingerprint density at radius 1 is 1.31 bits per heavy atom. The maximum atomic E-state index is 9.13. The lowest BCUT2D eigenvalue weighted by Crippen LogP contribution is -1.92. The van der Waals surface area contributed by atoms with E-state index >= 15 is 0 Å². The zero-order valence-corrected chi connectivity index (χ0v) is 9.86. The number of hydrogen-bond donors (Lipinski definition) is 1. The molecular formula is C13H16N2O. The zero-order valence-electron chi connectivity index (χ0n) is 9.86. The van der Waals surface area contributed by atoms with Crippen LogP contribution in [0, 0.1) is 13.8 Å². The Morgan fingerprint density at radius 2 is 2.06 bits per heavy atom. The first kappa shape index (κ1) is 10.9. The van der Waals surface area contributed by atoms with Gasteiger partial charge in [-0.25, -0.2) is 0 Å². The summed E-state index contributed by atoms with van der Waals surface area (Å²) in [5, 5.41) is 13.5. The number of aryl methyl sites for hydroxylation is 2. The first-order valence-electron chi connectivity index (χ1n) is 5.34. The van der Waals surface area contributed by atoms with Gasteiger partial charge in [0.05, 0.1) is 12.3 Å². The molecule has 3 heteroatoms. The van der Waals surface area contributed by atoms with Gasteiger partial charge >= 0.3 is 0 Å². The normalized spacial score (nSPS) is 10.8. The summed E-state index contributed by atoms with van der Waals surface area (Å²) in [4.78, 5) is 0. The fourth-order valence-electron chi connectivity index (χ4n) is 2.02. The highest BCUT2D eigenvalue weighted by molar-refractivity contribution is 5.69. The van der Waals surface area contributed by atoms with E-state index in [1.165, 1.54) is 0 Å². The van der Waals surface area contributed by atoms with Crippen LogP contribution in [0.3, 0.4) is 0 Å². The van der Waals surface area contributed by atoms with Crippen LogP contribution in [0.5, 0.6) is 0 Å². The fraction of sp³-hybridized carbons (Fsp3) is 0.308. The highest BCUT2D eigenvalue weighted by Gasteiger charge is 2.11. The number of rotatable bonds is 2. The maximum absolute atomic E-state index is 9.13. The van der Waals surface area contributed by atoms with Crippen molar-refractivity contribution in [1.82, 2.24) is 9.78 Å². The molecule has 0 aliphatic heterocycles. The van der Waals surface area contributed by atoms with E-state index in [9.17, 15) is 0 Å². The van der Waals surface area contributed by atoms with Gasteiger partial charge in [0.15, 0.2) is 0 Å². The molecule has 2 rings (SSSR count). The van der Waals surface area contributed by atoms with E-state index in [1.54, 1.807) is 0 Å². The summed E-state index contributed by atoms with van der Waals surface area (Å²) in [5.74, 6) is 0. The van der Waals surface area contributed by atoms with Crippen molar-refractivity contribution in [2.45, 2.75) is 20.5 Å². The van der Waals surface area contributed by atoms with E-state index in [0.29, 0.717) is 0 Å². The predicted molar refractivity (Wildman–Crippen MR) is 64.0 cm³/mol. The Kier molecular flexibility index (Phi) is 2.79. The van der Waals surface area contributed by atoms with Crippen LogP contribution in [0.1, 0.15) is 17.0 Å². The van der Waals surface area contributed by atoms with Crippen molar-refractivity contribution in [3.05, 3.63) is 41.2 Å². The predicted octanol–water partition coefficient (Wildman–Crippen LogP) is 2.20. The molecule has 84 valence electrons. The largest absolute Gasteiger partial charge is 0.392 e. The fourth-order valence-corrected chi connectivity index (χ4v) is 2.02. The van der Waals surface area contributed by atoms with Crippen molar-refractivity contribution in [1.29, 1.82) is 0 Å². The van der Waals surface area contributed by atoms with Crippen LogP contribution in [0.15, 0.2) is 24.3 Å². The monoisotopic (exact) mass is 216 g/mol. The van der Waals surface area contributed by atoms with Gasteiger partial charge in [-0.15, -0.1) is 0 Å². The molecule has 0 bridgehead atoms. The molecule has 0 unspecified atom stereocenters. The average Bonchev–Trinajstić information content (AvgIpc) is 2.53. The van der Waals surface area contributed by atoms with Crippen molar-refractivity contribution < 1.29 is 5.11 Å². The lowest BCUT2D eigenvalue weighted by atomic mass is 10.0. The van der Waals surface area contributed by atoms with Gasteiger partial charge in [-0.3, -0.25) is 4.68 Å². The Morgan fingerprint density at radius 3 is 2.62 bits per heavy atom. The first-order valence-corrected chi connectivity index (χ1v) is 5.34. The summed E-state index contributed by atoms with van der Waals surface area (Å²) in [6.45, 7) is 4.14. The Balaban J connectivity index is 2.58. The highest BCUT2D eigenvalue weighted by atomic mass is 16.3. The molecular weight excluding hydrogens is 200 g/mol. The standard InChI is InChI=1S/C13H16N2O/c1-9-13(10(2)15(3)14-9)12-6-4-5-11(7-12)8-16/h4-7,16H,8H2,1-3H3. The molecule has 0 aliphatic rings. The topological polar surface area (TPSA) is 38.0 Å². The van der Waals surface area contributed by atoms with Gasteiger partial charge in [-0.1, -0.05) is 18.2 Å². The molecule has 0 aliphatic carbocycles. The van der Waals surface area contributed by atoms with Crippen LogP contribution in [0.4, 0.5) is 0 Å². The van der Waals surface area contributed by atoms with Crippen molar-refractivity contribution in [2.75, 3.05) is 0 Å². The quantitative estimate of drug-likeness (QED) is 0.835. The number of nitrogens with zero attached hydrogens (tertiary/aromatic N) is 2. The average molecular weight is 216 g/mol. The number of aromatic nitrogens is 2.